The van der Waals surface area contributed by atoms with Crippen LogP contribution in [0.1, 0.15) is 23.4 Å². The molecule has 0 saturated carbocycles. The van der Waals surface area contributed by atoms with Gasteiger partial charge in [-0.15, -0.1) is 0 Å². The lowest BCUT2D eigenvalue weighted by atomic mass is 10.1. The van der Waals surface area contributed by atoms with Crippen LogP contribution in [0.3, 0.4) is 0 Å². The first kappa shape index (κ1) is 14.1. The maximum atomic E-state index is 5.89. The molecule has 0 saturated heterocycles. The highest BCUT2D eigenvalue weighted by atomic mass is 35.5. The summed E-state index contributed by atoms with van der Waals surface area (Å²) in [5.74, 6) is 2.32. The maximum Gasteiger partial charge on any atom is 0.134 e. The molecule has 5 heteroatoms. The lowest BCUT2D eigenvalue weighted by Gasteiger charge is -2.10. The van der Waals surface area contributed by atoms with Crippen LogP contribution in [-0.4, -0.2) is 23.1 Å². The molecule has 0 radical (unpaired) electrons. The van der Waals surface area contributed by atoms with E-state index in [0.29, 0.717) is 24.1 Å². The van der Waals surface area contributed by atoms with Crippen LogP contribution in [0.25, 0.3) is 0 Å². The van der Waals surface area contributed by atoms with Crippen LogP contribution in [0.5, 0.6) is 5.75 Å². The van der Waals surface area contributed by atoms with Crippen LogP contribution < -0.4 is 10.1 Å². The maximum absolute atomic E-state index is 5.89. The Bertz CT molecular complexity index is 625. The van der Waals surface area contributed by atoms with Gasteiger partial charge in [-0.2, -0.15) is 0 Å². The minimum Gasteiger partial charge on any atom is -0.492 e. The number of nitrogens with zero attached hydrogens (tertiary/aromatic N) is 2. The first-order valence-electron chi connectivity index (χ1n) is 7.20. The predicted molar refractivity (Wildman–Crippen MR) is 84.2 cm³/mol. The molecule has 21 heavy (non-hydrogen) atoms. The van der Waals surface area contributed by atoms with E-state index in [2.05, 4.69) is 33.5 Å². The Morgan fingerprint density at radius 1 is 1.19 bits per heavy atom. The van der Waals surface area contributed by atoms with E-state index in [1.54, 1.807) is 6.07 Å². The molecule has 0 spiro atoms. The van der Waals surface area contributed by atoms with Gasteiger partial charge in [0, 0.05) is 6.07 Å². The Morgan fingerprint density at radius 2 is 2.05 bits per heavy atom. The Morgan fingerprint density at radius 3 is 2.90 bits per heavy atom. The van der Waals surface area contributed by atoms with Gasteiger partial charge in [0.05, 0.1) is 6.54 Å². The van der Waals surface area contributed by atoms with Crippen molar-refractivity contribution in [3.63, 3.8) is 0 Å². The largest absolute Gasteiger partial charge is 0.492 e. The summed E-state index contributed by atoms with van der Waals surface area (Å²) in [4.78, 5) is 8.29. The summed E-state index contributed by atoms with van der Waals surface area (Å²) in [7, 11) is 0. The molecule has 1 aliphatic rings. The van der Waals surface area contributed by atoms with E-state index in [9.17, 15) is 0 Å². The van der Waals surface area contributed by atoms with E-state index in [-0.39, 0.29) is 0 Å². The Labute approximate surface area is 129 Å². The van der Waals surface area contributed by atoms with Crippen molar-refractivity contribution in [3.05, 3.63) is 46.4 Å². The fourth-order valence-corrected chi connectivity index (χ4v) is 2.83. The van der Waals surface area contributed by atoms with Gasteiger partial charge in [-0.1, -0.05) is 17.7 Å². The third kappa shape index (κ3) is 3.64. The van der Waals surface area contributed by atoms with Crippen molar-refractivity contribution in [2.75, 3.05) is 18.5 Å². The number of nitrogens with one attached hydrogen (secondary N) is 1. The smallest absolute Gasteiger partial charge is 0.134 e. The first-order chi connectivity index (χ1) is 10.2. The van der Waals surface area contributed by atoms with Gasteiger partial charge >= 0.3 is 0 Å². The van der Waals surface area contributed by atoms with Gasteiger partial charge in [-0.05, 0) is 49.4 Å². The monoisotopic (exact) mass is 303 g/mol. The van der Waals surface area contributed by atoms with Gasteiger partial charge in [0.2, 0.25) is 0 Å². The number of anilines is 1. The van der Waals surface area contributed by atoms with E-state index in [1.165, 1.54) is 30.4 Å². The molecule has 3 rings (SSSR count). The Balaban J connectivity index is 1.50. The zero-order chi connectivity index (χ0) is 14.7. The highest BCUT2D eigenvalue weighted by Crippen LogP contribution is 2.25. The van der Waals surface area contributed by atoms with Gasteiger partial charge < -0.3 is 10.1 Å². The summed E-state index contributed by atoms with van der Waals surface area (Å²) in [6.07, 6.45) is 3.63. The van der Waals surface area contributed by atoms with E-state index >= 15 is 0 Å². The zero-order valence-corrected chi connectivity index (χ0v) is 12.8. The van der Waals surface area contributed by atoms with Gasteiger partial charge in [0.15, 0.2) is 0 Å². The normalized spacial score (nSPS) is 13.0. The third-order valence-electron chi connectivity index (χ3n) is 3.55. The number of fused-ring (bicyclic) bond motifs is 1. The van der Waals surface area contributed by atoms with Crippen molar-refractivity contribution in [1.82, 2.24) is 9.97 Å². The SMILES string of the molecule is Cc1nc(Cl)cc(NCCOc2ccc3c(c2)CCC3)n1. The average Bonchev–Trinajstić information content (AvgIpc) is 2.90. The molecule has 0 atom stereocenters. The average molecular weight is 304 g/mol. The van der Waals surface area contributed by atoms with Crippen molar-refractivity contribution in [2.24, 2.45) is 0 Å². The lowest BCUT2D eigenvalue weighted by molar-refractivity contribution is 0.332. The van der Waals surface area contributed by atoms with Crippen LogP contribution in [0.4, 0.5) is 5.82 Å². The quantitative estimate of drug-likeness (QED) is 0.679. The van der Waals surface area contributed by atoms with Crippen LogP contribution in [-0.2, 0) is 12.8 Å². The minimum absolute atomic E-state index is 0.449. The molecule has 0 fully saturated rings. The van der Waals surface area contributed by atoms with Crippen molar-refractivity contribution in [1.29, 1.82) is 0 Å². The molecule has 1 N–H and O–H groups in total. The predicted octanol–water partition coefficient (Wildman–Crippen LogP) is 3.42. The highest BCUT2D eigenvalue weighted by Gasteiger charge is 2.11. The third-order valence-corrected chi connectivity index (χ3v) is 3.75. The van der Waals surface area contributed by atoms with Gasteiger partial charge in [-0.25, -0.2) is 9.97 Å². The molecule has 0 aliphatic heterocycles. The number of aryl methyl sites for hydroxylation is 3. The summed E-state index contributed by atoms with van der Waals surface area (Å²) in [5.41, 5.74) is 2.89. The van der Waals surface area contributed by atoms with Crippen LogP contribution in [0, 0.1) is 6.92 Å². The van der Waals surface area contributed by atoms with Crippen LogP contribution >= 0.6 is 11.6 Å². The molecular weight excluding hydrogens is 286 g/mol. The molecule has 0 bridgehead atoms. The number of halogens is 1. The van der Waals surface area contributed by atoms with Crippen molar-refractivity contribution in [2.45, 2.75) is 26.2 Å². The molecule has 1 aromatic carbocycles. The van der Waals surface area contributed by atoms with Crippen molar-refractivity contribution < 1.29 is 4.74 Å². The van der Waals surface area contributed by atoms with E-state index < -0.39 is 0 Å². The topological polar surface area (TPSA) is 47.0 Å². The number of ether oxygens (including phenoxy) is 1. The number of benzene rings is 1. The first-order valence-corrected chi connectivity index (χ1v) is 7.58. The van der Waals surface area contributed by atoms with Crippen molar-refractivity contribution in [3.8, 4) is 5.75 Å². The fraction of sp³-hybridized carbons (Fsp3) is 0.375. The molecule has 0 amide bonds. The van der Waals surface area contributed by atoms with E-state index in [0.717, 1.165) is 11.6 Å². The lowest BCUT2D eigenvalue weighted by Crippen LogP contribution is -2.13. The van der Waals surface area contributed by atoms with Crippen LogP contribution in [0.15, 0.2) is 24.3 Å². The van der Waals surface area contributed by atoms with Gasteiger partial charge in [-0.3, -0.25) is 0 Å². The van der Waals surface area contributed by atoms with Crippen molar-refractivity contribution >= 4 is 17.4 Å². The molecular formula is C16H18ClN3O. The summed E-state index contributed by atoms with van der Waals surface area (Å²) < 4.78 is 5.77. The van der Waals surface area contributed by atoms with E-state index in [1.807, 2.05) is 6.92 Å². The summed E-state index contributed by atoms with van der Waals surface area (Å²) in [6, 6.07) is 8.10. The molecule has 2 aromatic rings. The summed E-state index contributed by atoms with van der Waals surface area (Å²) >= 11 is 5.89. The van der Waals surface area contributed by atoms with Gasteiger partial charge in [0.25, 0.3) is 0 Å². The van der Waals surface area contributed by atoms with Gasteiger partial charge in [0.1, 0.15) is 29.2 Å². The summed E-state index contributed by atoms with van der Waals surface area (Å²) in [6.45, 7) is 3.07. The minimum atomic E-state index is 0.449. The van der Waals surface area contributed by atoms with E-state index in [4.69, 9.17) is 16.3 Å². The summed E-state index contributed by atoms with van der Waals surface area (Å²) in [5, 5.41) is 3.64. The number of aromatic nitrogens is 2. The number of rotatable bonds is 5. The molecule has 1 aromatic heterocycles. The molecule has 1 aliphatic carbocycles. The second kappa shape index (κ2) is 6.31. The second-order valence-electron chi connectivity index (χ2n) is 5.18. The Kier molecular flexibility index (Phi) is 4.25. The zero-order valence-electron chi connectivity index (χ0n) is 12.0. The highest BCUT2D eigenvalue weighted by molar-refractivity contribution is 6.29. The second-order valence-corrected chi connectivity index (χ2v) is 5.57. The molecule has 1 heterocycles. The molecule has 4 nitrogen and oxygen atoms in total. The van der Waals surface area contributed by atoms with Crippen LogP contribution in [0.2, 0.25) is 5.15 Å². The molecule has 110 valence electrons. The Hall–Kier alpha value is -1.81. The number of hydrogen-bond donors (Lipinski definition) is 1. The fourth-order valence-electron chi connectivity index (χ4n) is 2.61. The molecule has 0 unspecified atom stereocenters. The number of hydrogen-bond acceptors (Lipinski definition) is 4. The standard InChI is InChI=1S/C16H18ClN3O/c1-11-19-15(17)10-16(20-11)18-7-8-21-14-6-5-12-3-2-4-13(12)9-14/h5-6,9-10H,2-4,7-8H2,1H3,(H,18,19,20).